The van der Waals surface area contributed by atoms with Crippen molar-refractivity contribution < 1.29 is 9.59 Å². The van der Waals surface area contributed by atoms with Crippen molar-refractivity contribution in [3.05, 3.63) is 42.6 Å². The predicted molar refractivity (Wildman–Crippen MR) is 105 cm³/mol. The number of rotatable bonds is 4. The molecule has 3 heterocycles. The number of Topliss-reactive ketones (excluding diaryl/α,β-unsaturated/α-hetero) is 1. The quantitative estimate of drug-likeness (QED) is 0.697. The lowest BCUT2D eigenvalue weighted by atomic mass is 9.91. The van der Waals surface area contributed by atoms with E-state index in [1.165, 1.54) is 0 Å². The molecule has 2 aromatic heterocycles. The lowest BCUT2D eigenvalue weighted by molar-refractivity contribution is -0.133. The van der Waals surface area contributed by atoms with Gasteiger partial charge in [0, 0.05) is 56.3 Å². The molecule has 1 aliphatic heterocycles. The lowest BCUT2D eigenvalue weighted by Crippen LogP contribution is -2.39. The SMILES string of the molecule is CC(=O)N1CCC(C(=O)Cc2ncc3ccc(-c4cnn(C)c4)cc3n2)CC1. The summed E-state index contributed by atoms with van der Waals surface area (Å²) in [6, 6.07) is 6.02. The Balaban J connectivity index is 1.49. The van der Waals surface area contributed by atoms with Gasteiger partial charge >= 0.3 is 0 Å². The summed E-state index contributed by atoms with van der Waals surface area (Å²) in [5.74, 6) is 0.769. The summed E-state index contributed by atoms with van der Waals surface area (Å²) < 4.78 is 1.76. The molecule has 28 heavy (non-hydrogen) atoms. The molecule has 1 aromatic carbocycles. The summed E-state index contributed by atoms with van der Waals surface area (Å²) >= 11 is 0. The molecule has 1 saturated heterocycles. The molecule has 0 aliphatic carbocycles. The summed E-state index contributed by atoms with van der Waals surface area (Å²) in [7, 11) is 1.89. The Kier molecular flexibility index (Phi) is 4.90. The van der Waals surface area contributed by atoms with Crippen LogP contribution in [0.25, 0.3) is 22.0 Å². The zero-order valence-corrected chi connectivity index (χ0v) is 16.1. The number of likely N-dealkylation sites (tertiary alicyclic amines) is 1. The number of ketones is 1. The largest absolute Gasteiger partial charge is 0.343 e. The Morgan fingerprint density at radius 2 is 1.93 bits per heavy atom. The molecule has 1 fully saturated rings. The van der Waals surface area contributed by atoms with Gasteiger partial charge in [0.2, 0.25) is 5.91 Å². The van der Waals surface area contributed by atoms with E-state index in [1.807, 2.05) is 37.6 Å². The maximum absolute atomic E-state index is 12.7. The van der Waals surface area contributed by atoms with Crippen LogP contribution in [0.15, 0.2) is 36.8 Å². The van der Waals surface area contributed by atoms with Crippen molar-refractivity contribution in [3.8, 4) is 11.1 Å². The molecule has 3 aromatic rings. The van der Waals surface area contributed by atoms with E-state index in [0.717, 1.165) is 34.9 Å². The summed E-state index contributed by atoms with van der Waals surface area (Å²) in [5, 5.41) is 5.16. The molecule has 0 radical (unpaired) electrons. The Morgan fingerprint density at radius 3 is 2.61 bits per heavy atom. The number of nitrogens with zero attached hydrogens (tertiary/aromatic N) is 5. The van der Waals surface area contributed by atoms with Gasteiger partial charge in [-0.15, -0.1) is 0 Å². The highest BCUT2D eigenvalue weighted by atomic mass is 16.2. The molecule has 0 bridgehead atoms. The van der Waals surface area contributed by atoms with Crippen LogP contribution >= 0.6 is 0 Å². The van der Waals surface area contributed by atoms with Gasteiger partial charge in [-0.2, -0.15) is 5.10 Å². The minimum Gasteiger partial charge on any atom is -0.343 e. The number of hydrogen-bond donors (Lipinski definition) is 0. The highest BCUT2D eigenvalue weighted by Crippen LogP contribution is 2.24. The van der Waals surface area contributed by atoms with E-state index in [-0.39, 0.29) is 24.0 Å². The molecule has 0 unspecified atom stereocenters. The van der Waals surface area contributed by atoms with Crippen LogP contribution in [0.2, 0.25) is 0 Å². The first-order valence-corrected chi connectivity index (χ1v) is 9.52. The van der Waals surface area contributed by atoms with Gasteiger partial charge in [-0.25, -0.2) is 9.97 Å². The van der Waals surface area contributed by atoms with Crippen molar-refractivity contribution >= 4 is 22.6 Å². The van der Waals surface area contributed by atoms with Crippen LogP contribution in [0.3, 0.4) is 0 Å². The van der Waals surface area contributed by atoms with Gasteiger partial charge in [0.05, 0.1) is 18.1 Å². The number of hydrogen-bond acceptors (Lipinski definition) is 5. The number of amides is 1. The Morgan fingerprint density at radius 1 is 1.14 bits per heavy atom. The summed E-state index contributed by atoms with van der Waals surface area (Å²) in [5.41, 5.74) is 2.89. The molecule has 4 rings (SSSR count). The molecule has 1 amide bonds. The highest BCUT2D eigenvalue weighted by molar-refractivity contribution is 5.85. The first-order valence-electron chi connectivity index (χ1n) is 9.52. The lowest BCUT2D eigenvalue weighted by Gasteiger charge is -2.30. The van der Waals surface area contributed by atoms with E-state index < -0.39 is 0 Å². The highest BCUT2D eigenvalue weighted by Gasteiger charge is 2.26. The van der Waals surface area contributed by atoms with Crippen molar-refractivity contribution in [2.24, 2.45) is 13.0 Å². The van der Waals surface area contributed by atoms with Crippen LogP contribution in [0.1, 0.15) is 25.6 Å². The molecule has 0 saturated carbocycles. The number of benzene rings is 1. The maximum Gasteiger partial charge on any atom is 0.219 e. The van der Waals surface area contributed by atoms with Crippen molar-refractivity contribution in [1.29, 1.82) is 0 Å². The van der Waals surface area contributed by atoms with Gasteiger partial charge in [-0.1, -0.05) is 12.1 Å². The van der Waals surface area contributed by atoms with Gasteiger partial charge < -0.3 is 4.90 Å². The van der Waals surface area contributed by atoms with Crippen LogP contribution in [0, 0.1) is 5.92 Å². The zero-order chi connectivity index (χ0) is 19.7. The standard InChI is InChI=1S/C21H23N5O2/c1-14(27)26-7-5-15(6-8-26)20(28)10-21-22-11-17-4-3-16(9-19(17)24-21)18-12-23-25(2)13-18/h3-4,9,11-13,15H,5-8,10H2,1-2H3. The molecule has 7 nitrogen and oxygen atoms in total. The van der Waals surface area contributed by atoms with Crippen LogP contribution in [-0.2, 0) is 23.1 Å². The minimum absolute atomic E-state index is 0.0170. The molecule has 7 heteroatoms. The van der Waals surface area contributed by atoms with Gasteiger partial charge in [0.1, 0.15) is 11.6 Å². The topological polar surface area (TPSA) is 81.0 Å². The van der Waals surface area contributed by atoms with Crippen molar-refractivity contribution in [1.82, 2.24) is 24.6 Å². The van der Waals surface area contributed by atoms with Gasteiger partial charge in [-0.05, 0) is 24.5 Å². The fourth-order valence-electron chi connectivity index (χ4n) is 3.71. The Hall–Kier alpha value is -3.09. The molecule has 0 atom stereocenters. The Bertz CT molecular complexity index is 1030. The fourth-order valence-corrected chi connectivity index (χ4v) is 3.71. The number of aromatic nitrogens is 4. The average molecular weight is 377 g/mol. The van der Waals surface area contributed by atoms with Gasteiger partial charge in [0.15, 0.2) is 0 Å². The van der Waals surface area contributed by atoms with Crippen molar-refractivity contribution in [2.45, 2.75) is 26.2 Å². The fraction of sp³-hybridized carbons (Fsp3) is 0.381. The smallest absolute Gasteiger partial charge is 0.219 e. The molecular formula is C21H23N5O2. The summed E-state index contributed by atoms with van der Waals surface area (Å²) in [6.07, 6.45) is 7.23. The third kappa shape index (κ3) is 3.78. The van der Waals surface area contributed by atoms with Gasteiger partial charge in [-0.3, -0.25) is 14.3 Å². The number of carbonyl (C=O) groups excluding carboxylic acids is 2. The van der Waals surface area contributed by atoms with E-state index >= 15 is 0 Å². The van der Waals surface area contributed by atoms with Gasteiger partial charge in [0.25, 0.3) is 0 Å². The molecule has 144 valence electrons. The third-order valence-corrected chi connectivity index (χ3v) is 5.40. The number of piperidine rings is 1. The molecule has 0 N–H and O–H groups in total. The third-order valence-electron chi connectivity index (χ3n) is 5.40. The second kappa shape index (κ2) is 7.50. The van der Waals surface area contributed by atoms with E-state index in [9.17, 15) is 9.59 Å². The average Bonchev–Trinajstić information content (AvgIpc) is 3.14. The maximum atomic E-state index is 12.7. The predicted octanol–water partition coefficient (Wildman–Crippen LogP) is 2.40. The van der Waals surface area contributed by atoms with E-state index in [4.69, 9.17) is 0 Å². The zero-order valence-electron chi connectivity index (χ0n) is 16.1. The summed E-state index contributed by atoms with van der Waals surface area (Å²) in [4.78, 5) is 34.9. The van der Waals surface area contributed by atoms with E-state index in [1.54, 1.807) is 22.7 Å². The first kappa shape index (κ1) is 18.3. The molecule has 1 aliphatic rings. The van der Waals surface area contributed by atoms with Crippen LogP contribution in [-0.4, -0.2) is 49.4 Å². The number of aryl methyl sites for hydroxylation is 1. The second-order valence-electron chi connectivity index (χ2n) is 7.39. The number of fused-ring (bicyclic) bond motifs is 1. The van der Waals surface area contributed by atoms with Crippen molar-refractivity contribution in [3.63, 3.8) is 0 Å². The van der Waals surface area contributed by atoms with Crippen LogP contribution < -0.4 is 0 Å². The van der Waals surface area contributed by atoms with E-state index in [0.29, 0.717) is 18.9 Å². The van der Waals surface area contributed by atoms with Crippen LogP contribution in [0.5, 0.6) is 0 Å². The Labute approximate surface area is 163 Å². The second-order valence-corrected chi connectivity index (χ2v) is 7.39. The normalized spacial score (nSPS) is 15.1. The monoisotopic (exact) mass is 377 g/mol. The molecular weight excluding hydrogens is 354 g/mol. The van der Waals surface area contributed by atoms with E-state index in [2.05, 4.69) is 15.1 Å². The minimum atomic E-state index is -0.0170. The molecule has 0 spiro atoms. The van der Waals surface area contributed by atoms with Crippen molar-refractivity contribution in [2.75, 3.05) is 13.1 Å². The van der Waals surface area contributed by atoms with Crippen LogP contribution in [0.4, 0.5) is 0 Å². The summed E-state index contributed by atoms with van der Waals surface area (Å²) in [6.45, 7) is 2.88. The first-order chi connectivity index (χ1) is 13.5. The number of carbonyl (C=O) groups is 2.